The van der Waals surface area contributed by atoms with Crippen molar-refractivity contribution in [2.45, 2.75) is 12.8 Å². The average molecular weight is 195 g/mol. The molecule has 0 saturated carbocycles. The van der Waals surface area contributed by atoms with Crippen LogP contribution in [0.4, 0.5) is 17.1 Å². The molecule has 0 fully saturated rings. The van der Waals surface area contributed by atoms with E-state index >= 15 is 0 Å². The Bertz CT molecular complexity index is 377. The van der Waals surface area contributed by atoms with Crippen molar-refractivity contribution in [3.05, 3.63) is 17.7 Å². The molecule has 0 spiro atoms. The Kier molecular flexibility index (Phi) is 2.51. The summed E-state index contributed by atoms with van der Waals surface area (Å²) in [6.07, 6.45) is 0. The zero-order valence-corrected chi connectivity index (χ0v) is 7.82. The van der Waals surface area contributed by atoms with Gasteiger partial charge < -0.3 is 22.3 Å². The van der Waals surface area contributed by atoms with Gasteiger partial charge in [0.15, 0.2) is 0 Å². The van der Waals surface area contributed by atoms with Crippen LogP contribution in [-0.2, 0) is 4.79 Å². The number of anilines is 3. The molecular formula is C9H13N3O2. The summed E-state index contributed by atoms with van der Waals surface area (Å²) in [6.45, 7) is 1.53. The van der Waals surface area contributed by atoms with Crippen LogP contribution in [0, 0.1) is 0 Å². The van der Waals surface area contributed by atoms with Gasteiger partial charge >= 0.3 is 5.97 Å². The highest BCUT2D eigenvalue weighted by Crippen LogP contribution is 2.29. The largest absolute Gasteiger partial charge is 0.481 e. The maximum absolute atomic E-state index is 10.7. The summed E-state index contributed by atoms with van der Waals surface area (Å²) in [7, 11) is 0. The first kappa shape index (κ1) is 10.2. The minimum Gasteiger partial charge on any atom is -0.481 e. The van der Waals surface area contributed by atoms with Crippen LogP contribution in [0.2, 0.25) is 0 Å². The van der Waals surface area contributed by atoms with Gasteiger partial charge in [-0.05, 0) is 24.6 Å². The molecule has 0 amide bonds. The number of rotatable bonds is 2. The third-order valence-electron chi connectivity index (χ3n) is 2.10. The molecule has 76 valence electrons. The molecule has 0 bridgehead atoms. The molecule has 0 heterocycles. The third-order valence-corrected chi connectivity index (χ3v) is 2.10. The molecule has 1 unspecified atom stereocenters. The van der Waals surface area contributed by atoms with E-state index in [9.17, 15) is 4.79 Å². The van der Waals surface area contributed by atoms with Gasteiger partial charge in [-0.1, -0.05) is 0 Å². The van der Waals surface area contributed by atoms with Crippen molar-refractivity contribution < 1.29 is 9.90 Å². The fourth-order valence-corrected chi connectivity index (χ4v) is 1.21. The van der Waals surface area contributed by atoms with E-state index in [1.807, 2.05) is 0 Å². The number of benzene rings is 1. The molecule has 1 aromatic carbocycles. The van der Waals surface area contributed by atoms with Crippen LogP contribution in [0.25, 0.3) is 0 Å². The van der Waals surface area contributed by atoms with E-state index in [4.69, 9.17) is 22.3 Å². The van der Waals surface area contributed by atoms with Crippen molar-refractivity contribution in [3.8, 4) is 0 Å². The quantitative estimate of drug-likeness (QED) is 0.516. The molecule has 0 aliphatic heterocycles. The van der Waals surface area contributed by atoms with Crippen LogP contribution in [0.15, 0.2) is 12.1 Å². The predicted molar refractivity (Wildman–Crippen MR) is 55.7 cm³/mol. The summed E-state index contributed by atoms with van der Waals surface area (Å²) in [5.41, 5.74) is 18.2. The van der Waals surface area contributed by atoms with E-state index in [0.717, 1.165) is 0 Å². The Morgan fingerprint density at radius 2 is 1.93 bits per heavy atom. The third kappa shape index (κ3) is 1.71. The zero-order chi connectivity index (χ0) is 10.9. The summed E-state index contributed by atoms with van der Waals surface area (Å²) < 4.78 is 0. The van der Waals surface area contributed by atoms with Crippen molar-refractivity contribution in [2.24, 2.45) is 0 Å². The molecule has 1 rings (SSSR count). The SMILES string of the molecule is CC(C(=O)O)c1cc(N)cc(N)c1N. The van der Waals surface area contributed by atoms with Crippen LogP contribution in [0.3, 0.4) is 0 Å². The number of hydrogen-bond donors (Lipinski definition) is 4. The lowest BCUT2D eigenvalue weighted by Gasteiger charge is -2.12. The first-order valence-electron chi connectivity index (χ1n) is 4.10. The molecule has 0 aliphatic rings. The predicted octanol–water partition coefficient (Wildman–Crippen LogP) is 0.621. The number of carbonyl (C=O) groups is 1. The number of carboxylic acids is 1. The van der Waals surface area contributed by atoms with E-state index in [2.05, 4.69) is 0 Å². The Labute approximate surface area is 81.5 Å². The van der Waals surface area contributed by atoms with E-state index in [-0.39, 0.29) is 5.69 Å². The Morgan fingerprint density at radius 1 is 1.36 bits per heavy atom. The molecule has 0 aromatic heterocycles. The van der Waals surface area contributed by atoms with E-state index in [1.54, 1.807) is 0 Å². The molecule has 1 atom stereocenters. The van der Waals surface area contributed by atoms with Crippen molar-refractivity contribution in [2.75, 3.05) is 17.2 Å². The average Bonchev–Trinajstić information content (AvgIpc) is 2.09. The standard InChI is InChI=1S/C9H13N3O2/c1-4(9(13)14)6-2-5(10)3-7(11)8(6)12/h2-4H,10-12H2,1H3,(H,13,14). The minimum atomic E-state index is -0.957. The molecule has 0 aliphatic carbocycles. The van der Waals surface area contributed by atoms with Crippen LogP contribution in [0.1, 0.15) is 18.4 Å². The first-order chi connectivity index (χ1) is 6.43. The van der Waals surface area contributed by atoms with Gasteiger partial charge in [0, 0.05) is 5.69 Å². The molecular weight excluding hydrogens is 182 g/mol. The second-order valence-corrected chi connectivity index (χ2v) is 3.17. The van der Waals surface area contributed by atoms with Crippen molar-refractivity contribution in [1.82, 2.24) is 0 Å². The molecule has 1 aromatic rings. The number of nitrogens with two attached hydrogens (primary N) is 3. The fourth-order valence-electron chi connectivity index (χ4n) is 1.21. The monoisotopic (exact) mass is 195 g/mol. The fraction of sp³-hybridized carbons (Fsp3) is 0.222. The van der Waals surface area contributed by atoms with E-state index in [1.165, 1.54) is 19.1 Å². The van der Waals surface area contributed by atoms with Crippen LogP contribution in [0.5, 0.6) is 0 Å². The van der Waals surface area contributed by atoms with Crippen molar-refractivity contribution >= 4 is 23.0 Å². The van der Waals surface area contributed by atoms with Gasteiger partial charge in [-0.3, -0.25) is 4.79 Å². The molecule has 0 radical (unpaired) electrons. The van der Waals surface area contributed by atoms with Gasteiger partial charge in [0.1, 0.15) is 0 Å². The highest BCUT2D eigenvalue weighted by molar-refractivity contribution is 5.83. The lowest BCUT2D eigenvalue weighted by molar-refractivity contribution is -0.138. The van der Waals surface area contributed by atoms with Gasteiger partial charge in [0.2, 0.25) is 0 Å². The van der Waals surface area contributed by atoms with Gasteiger partial charge in [-0.15, -0.1) is 0 Å². The van der Waals surface area contributed by atoms with Gasteiger partial charge in [-0.25, -0.2) is 0 Å². The van der Waals surface area contributed by atoms with E-state index < -0.39 is 11.9 Å². The van der Waals surface area contributed by atoms with Crippen LogP contribution < -0.4 is 17.2 Å². The maximum atomic E-state index is 10.7. The molecule has 5 heteroatoms. The van der Waals surface area contributed by atoms with Gasteiger partial charge in [0.05, 0.1) is 17.3 Å². The molecule has 7 N–H and O–H groups in total. The summed E-state index contributed by atoms with van der Waals surface area (Å²) in [5.74, 6) is -1.66. The smallest absolute Gasteiger partial charge is 0.310 e. The number of carboxylic acid groups (broad SMARTS) is 1. The van der Waals surface area contributed by atoms with Gasteiger partial charge in [0.25, 0.3) is 0 Å². The second kappa shape index (κ2) is 3.45. The summed E-state index contributed by atoms with van der Waals surface area (Å²) in [4.78, 5) is 10.7. The molecule has 5 nitrogen and oxygen atoms in total. The first-order valence-corrected chi connectivity index (χ1v) is 4.10. The van der Waals surface area contributed by atoms with Crippen molar-refractivity contribution in [1.29, 1.82) is 0 Å². The summed E-state index contributed by atoms with van der Waals surface area (Å²) >= 11 is 0. The maximum Gasteiger partial charge on any atom is 0.310 e. The minimum absolute atomic E-state index is 0.286. The van der Waals surface area contributed by atoms with E-state index in [0.29, 0.717) is 16.9 Å². The molecule has 0 saturated heterocycles. The summed E-state index contributed by atoms with van der Waals surface area (Å²) in [5, 5.41) is 8.80. The van der Waals surface area contributed by atoms with Crippen LogP contribution in [-0.4, -0.2) is 11.1 Å². The Hall–Kier alpha value is -1.91. The lowest BCUT2D eigenvalue weighted by Crippen LogP contribution is -2.11. The second-order valence-electron chi connectivity index (χ2n) is 3.17. The van der Waals surface area contributed by atoms with Gasteiger partial charge in [-0.2, -0.15) is 0 Å². The highest BCUT2D eigenvalue weighted by Gasteiger charge is 2.18. The van der Waals surface area contributed by atoms with Crippen molar-refractivity contribution in [3.63, 3.8) is 0 Å². The summed E-state index contributed by atoms with van der Waals surface area (Å²) in [6, 6.07) is 3.04. The normalized spacial score (nSPS) is 12.4. The topological polar surface area (TPSA) is 115 Å². The highest BCUT2D eigenvalue weighted by atomic mass is 16.4. The molecule has 14 heavy (non-hydrogen) atoms. The Balaban J connectivity index is 3.26. The number of nitrogen functional groups attached to an aromatic ring is 3. The number of aliphatic carboxylic acids is 1. The zero-order valence-electron chi connectivity index (χ0n) is 7.82. The lowest BCUT2D eigenvalue weighted by atomic mass is 9.98. The number of hydrogen-bond acceptors (Lipinski definition) is 4. The Morgan fingerprint density at radius 3 is 2.43 bits per heavy atom. The van der Waals surface area contributed by atoms with Crippen LogP contribution >= 0.6 is 0 Å².